The summed E-state index contributed by atoms with van der Waals surface area (Å²) in [6, 6.07) is 13.9. The summed E-state index contributed by atoms with van der Waals surface area (Å²) >= 11 is 0. The lowest BCUT2D eigenvalue weighted by Crippen LogP contribution is -2.50. The first-order valence-corrected chi connectivity index (χ1v) is 11.0. The molecule has 1 N–H and O–H groups in total. The second kappa shape index (κ2) is 11.0. The van der Waals surface area contributed by atoms with Crippen molar-refractivity contribution in [3.63, 3.8) is 0 Å². The van der Waals surface area contributed by atoms with E-state index < -0.39 is 0 Å². The number of nitrogens with one attached hydrogen (secondary N) is 1. The first-order chi connectivity index (χ1) is 14.9. The summed E-state index contributed by atoms with van der Waals surface area (Å²) < 4.78 is 5.70. The van der Waals surface area contributed by atoms with Crippen LogP contribution in [0.2, 0.25) is 0 Å². The molecule has 0 saturated carbocycles. The number of hydrogen-bond donors (Lipinski definition) is 1. The fourth-order valence-electron chi connectivity index (χ4n) is 3.76. The molecule has 1 aliphatic heterocycles. The Bertz CT molecular complexity index is 867. The lowest BCUT2D eigenvalue weighted by atomic mass is 10.1. The number of para-hydroxylation sites is 1. The van der Waals surface area contributed by atoms with Crippen LogP contribution in [0.5, 0.6) is 5.75 Å². The Morgan fingerprint density at radius 1 is 0.935 bits per heavy atom. The number of carbonyl (C=O) groups excluding carboxylic acids is 2. The first kappa shape index (κ1) is 22.8. The van der Waals surface area contributed by atoms with Crippen LogP contribution in [0, 0.1) is 20.8 Å². The number of hydrogen-bond acceptors (Lipinski definition) is 4. The summed E-state index contributed by atoms with van der Waals surface area (Å²) in [6.45, 7) is 9.67. The molecule has 0 aromatic heterocycles. The number of ether oxygens (including phenoxy) is 1. The smallest absolute Gasteiger partial charge is 0.238 e. The Morgan fingerprint density at radius 2 is 1.58 bits per heavy atom. The van der Waals surface area contributed by atoms with E-state index in [4.69, 9.17) is 4.74 Å². The quantitative estimate of drug-likeness (QED) is 0.660. The van der Waals surface area contributed by atoms with Gasteiger partial charge in [-0.25, -0.2) is 0 Å². The molecule has 1 fully saturated rings. The maximum Gasteiger partial charge on any atom is 0.238 e. The molecule has 1 aliphatic rings. The van der Waals surface area contributed by atoms with Gasteiger partial charge in [0.25, 0.3) is 0 Å². The molecule has 3 rings (SSSR count). The van der Waals surface area contributed by atoms with Gasteiger partial charge in [0, 0.05) is 38.3 Å². The second-order valence-electron chi connectivity index (χ2n) is 8.24. The minimum atomic E-state index is -0.00886. The van der Waals surface area contributed by atoms with Gasteiger partial charge in [0.2, 0.25) is 11.8 Å². The van der Waals surface area contributed by atoms with E-state index in [-0.39, 0.29) is 11.8 Å². The van der Waals surface area contributed by atoms with E-state index >= 15 is 0 Å². The monoisotopic (exact) mass is 423 g/mol. The van der Waals surface area contributed by atoms with E-state index in [1.807, 2.05) is 68.1 Å². The summed E-state index contributed by atoms with van der Waals surface area (Å²) in [7, 11) is 0. The average molecular weight is 424 g/mol. The van der Waals surface area contributed by atoms with Crippen molar-refractivity contribution in [1.82, 2.24) is 9.80 Å². The number of nitrogens with zero attached hydrogens (tertiary/aromatic N) is 2. The van der Waals surface area contributed by atoms with Crippen molar-refractivity contribution in [2.75, 3.05) is 44.6 Å². The summed E-state index contributed by atoms with van der Waals surface area (Å²) in [5.41, 5.74) is 4.23. The maximum atomic E-state index is 12.5. The van der Waals surface area contributed by atoms with Gasteiger partial charge in [-0.3, -0.25) is 14.5 Å². The number of carbonyl (C=O) groups is 2. The number of amides is 2. The van der Waals surface area contributed by atoms with Gasteiger partial charge in [-0.05, 0) is 50.5 Å². The minimum Gasteiger partial charge on any atom is -0.494 e. The molecule has 0 spiro atoms. The molecular weight excluding hydrogens is 390 g/mol. The van der Waals surface area contributed by atoms with Crippen molar-refractivity contribution in [2.45, 2.75) is 33.6 Å². The largest absolute Gasteiger partial charge is 0.494 e. The van der Waals surface area contributed by atoms with Gasteiger partial charge in [0.1, 0.15) is 5.75 Å². The third-order valence-corrected chi connectivity index (χ3v) is 5.66. The zero-order chi connectivity index (χ0) is 22.2. The van der Waals surface area contributed by atoms with Crippen LogP contribution in [0.1, 0.15) is 29.5 Å². The molecule has 2 amide bonds. The summed E-state index contributed by atoms with van der Waals surface area (Å²) in [6.07, 6.45) is 1.18. The Balaban J connectivity index is 1.34. The lowest BCUT2D eigenvalue weighted by Gasteiger charge is -2.34. The van der Waals surface area contributed by atoms with Gasteiger partial charge in [0.05, 0.1) is 13.2 Å². The van der Waals surface area contributed by atoms with Crippen LogP contribution in [-0.4, -0.2) is 60.9 Å². The highest BCUT2D eigenvalue weighted by molar-refractivity contribution is 5.93. The first-order valence-electron chi connectivity index (χ1n) is 11.0. The molecule has 6 heteroatoms. The molecule has 1 saturated heterocycles. The normalized spacial score (nSPS) is 14.4. The van der Waals surface area contributed by atoms with Crippen LogP contribution in [0.25, 0.3) is 0 Å². The fraction of sp³-hybridized carbons (Fsp3) is 0.440. The van der Waals surface area contributed by atoms with Gasteiger partial charge >= 0.3 is 0 Å². The van der Waals surface area contributed by atoms with Crippen molar-refractivity contribution < 1.29 is 14.3 Å². The predicted molar refractivity (Wildman–Crippen MR) is 123 cm³/mol. The average Bonchev–Trinajstić information content (AvgIpc) is 2.75. The Kier molecular flexibility index (Phi) is 8.06. The van der Waals surface area contributed by atoms with Crippen LogP contribution in [0.3, 0.4) is 0 Å². The van der Waals surface area contributed by atoms with Crippen LogP contribution in [0.15, 0.2) is 42.5 Å². The standard InChI is InChI=1S/C25H33N3O3/c1-19-9-11-22(12-10-19)31-17-5-8-24(30)28-15-13-27(14-16-28)18-23(29)26-25-20(2)6-4-7-21(25)3/h4,6-7,9-12H,5,8,13-18H2,1-3H3,(H,26,29). The lowest BCUT2D eigenvalue weighted by molar-refractivity contribution is -0.133. The van der Waals surface area contributed by atoms with Crippen molar-refractivity contribution in [3.8, 4) is 5.75 Å². The summed E-state index contributed by atoms with van der Waals surface area (Å²) in [4.78, 5) is 28.9. The van der Waals surface area contributed by atoms with Gasteiger partial charge in [0.15, 0.2) is 0 Å². The highest BCUT2D eigenvalue weighted by Gasteiger charge is 2.22. The molecule has 0 atom stereocenters. The van der Waals surface area contributed by atoms with Gasteiger partial charge in [-0.15, -0.1) is 0 Å². The zero-order valence-electron chi connectivity index (χ0n) is 18.8. The van der Waals surface area contributed by atoms with E-state index in [2.05, 4.69) is 10.2 Å². The SMILES string of the molecule is Cc1ccc(OCCCC(=O)N2CCN(CC(=O)Nc3c(C)cccc3C)CC2)cc1. The number of piperazine rings is 1. The molecule has 0 unspecified atom stereocenters. The van der Waals surface area contributed by atoms with Gasteiger partial charge in [-0.1, -0.05) is 35.9 Å². The molecule has 6 nitrogen and oxygen atoms in total. The van der Waals surface area contributed by atoms with Gasteiger partial charge in [-0.2, -0.15) is 0 Å². The Hall–Kier alpha value is -2.86. The summed E-state index contributed by atoms with van der Waals surface area (Å²) in [5.74, 6) is 0.989. The van der Waals surface area contributed by atoms with E-state index in [0.717, 1.165) is 22.6 Å². The molecule has 0 radical (unpaired) electrons. The number of anilines is 1. The maximum absolute atomic E-state index is 12.5. The topological polar surface area (TPSA) is 61.9 Å². The molecule has 2 aromatic rings. The van der Waals surface area contributed by atoms with Crippen LogP contribution < -0.4 is 10.1 Å². The molecular formula is C25H33N3O3. The number of benzene rings is 2. The minimum absolute atomic E-state index is 0.00886. The molecule has 166 valence electrons. The van der Waals surface area contributed by atoms with Crippen molar-refractivity contribution >= 4 is 17.5 Å². The number of aryl methyl sites for hydroxylation is 3. The highest BCUT2D eigenvalue weighted by atomic mass is 16.5. The predicted octanol–water partition coefficient (Wildman–Crippen LogP) is 3.55. The van der Waals surface area contributed by atoms with E-state index in [1.165, 1.54) is 5.56 Å². The summed E-state index contributed by atoms with van der Waals surface area (Å²) in [5, 5.41) is 3.04. The molecule has 0 aliphatic carbocycles. The third kappa shape index (κ3) is 6.82. The van der Waals surface area contributed by atoms with Crippen molar-refractivity contribution in [2.24, 2.45) is 0 Å². The van der Waals surface area contributed by atoms with Crippen LogP contribution in [0.4, 0.5) is 5.69 Å². The zero-order valence-corrected chi connectivity index (χ0v) is 18.8. The van der Waals surface area contributed by atoms with E-state index in [9.17, 15) is 9.59 Å². The van der Waals surface area contributed by atoms with Crippen molar-refractivity contribution in [1.29, 1.82) is 0 Å². The second-order valence-corrected chi connectivity index (χ2v) is 8.24. The Morgan fingerprint density at radius 3 is 2.23 bits per heavy atom. The third-order valence-electron chi connectivity index (χ3n) is 5.66. The molecule has 1 heterocycles. The van der Waals surface area contributed by atoms with Crippen LogP contribution >= 0.6 is 0 Å². The molecule has 2 aromatic carbocycles. The molecule has 31 heavy (non-hydrogen) atoms. The molecule has 0 bridgehead atoms. The van der Waals surface area contributed by atoms with Gasteiger partial charge < -0.3 is 15.0 Å². The van der Waals surface area contributed by atoms with Crippen molar-refractivity contribution in [3.05, 3.63) is 59.2 Å². The highest BCUT2D eigenvalue weighted by Crippen LogP contribution is 2.19. The number of rotatable bonds is 8. The fourth-order valence-corrected chi connectivity index (χ4v) is 3.76. The Labute approximate surface area is 185 Å². The van der Waals surface area contributed by atoms with E-state index in [1.54, 1.807) is 0 Å². The van der Waals surface area contributed by atoms with E-state index in [0.29, 0.717) is 52.2 Å². The van der Waals surface area contributed by atoms with Crippen LogP contribution in [-0.2, 0) is 9.59 Å².